The molecule has 3 aromatic carbocycles. The summed E-state index contributed by atoms with van der Waals surface area (Å²) in [5, 5.41) is 3.36. The Bertz CT molecular complexity index is 1180. The Labute approximate surface area is 195 Å². The van der Waals surface area contributed by atoms with Gasteiger partial charge in [0.2, 0.25) is 10.0 Å². The number of nitrogens with one attached hydrogen (secondary N) is 1. The van der Waals surface area contributed by atoms with E-state index < -0.39 is 10.0 Å². The van der Waals surface area contributed by atoms with Gasteiger partial charge in [-0.05, 0) is 89.2 Å². The summed E-state index contributed by atoms with van der Waals surface area (Å²) in [6.45, 7) is 2.08. The van der Waals surface area contributed by atoms with Crippen LogP contribution in [0.25, 0.3) is 0 Å². The number of carbonyl (C=O) groups is 1. The lowest BCUT2D eigenvalue weighted by Crippen LogP contribution is -2.29. The number of halogens is 2. The number of anilines is 2. The van der Waals surface area contributed by atoms with E-state index in [1.54, 1.807) is 48.5 Å². The van der Waals surface area contributed by atoms with Crippen molar-refractivity contribution in [3.05, 3.63) is 92.0 Å². The fraction of sp³-hybridized carbons (Fsp3) is 0.136. The van der Waals surface area contributed by atoms with Crippen molar-refractivity contribution < 1.29 is 13.2 Å². The number of rotatable bonds is 6. The number of hydrogen-bond donors (Lipinski definition) is 1. The smallest absolute Gasteiger partial charge is 0.255 e. The third-order valence-electron chi connectivity index (χ3n) is 4.48. The molecule has 0 fully saturated rings. The number of amides is 1. The van der Waals surface area contributed by atoms with E-state index in [1.807, 2.05) is 25.1 Å². The first-order chi connectivity index (χ1) is 14.1. The quantitative estimate of drug-likeness (QED) is 0.411. The van der Waals surface area contributed by atoms with Crippen LogP contribution in [-0.4, -0.2) is 20.6 Å². The molecule has 0 radical (unpaired) electrons. The first-order valence-electron chi connectivity index (χ1n) is 9.03. The second-order valence-corrected chi connectivity index (χ2v) is 10.4. The molecule has 0 saturated heterocycles. The second kappa shape index (κ2) is 9.36. The monoisotopic (exact) mass is 554 g/mol. The Morgan fingerprint density at radius 3 is 2.37 bits per heavy atom. The van der Waals surface area contributed by atoms with Crippen LogP contribution in [0.3, 0.4) is 0 Å². The minimum absolute atomic E-state index is 0.136. The van der Waals surface area contributed by atoms with Gasteiger partial charge in [-0.2, -0.15) is 0 Å². The van der Waals surface area contributed by atoms with E-state index in [0.29, 0.717) is 16.3 Å². The molecule has 0 bridgehead atoms. The maximum atomic E-state index is 12.6. The normalized spacial score (nSPS) is 11.2. The van der Waals surface area contributed by atoms with E-state index in [0.717, 1.165) is 26.6 Å². The molecule has 1 N–H and O–H groups in total. The van der Waals surface area contributed by atoms with Gasteiger partial charge in [0.1, 0.15) is 0 Å². The van der Waals surface area contributed by atoms with Crippen molar-refractivity contribution in [2.75, 3.05) is 15.9 Å². The van der Waals surface area contributed by atoms with Gasteiger partial charge in [-0.25, -0.2) is 8.42 Å². The topological polar surface area (TPSA) is 66.5 Å². The molecule has 30 heavy (non-hydrogen) atoms. The van der Waals surface area contributed by atoms with Gasteiger partial charge < -0.3 is 5.32 Å². The molecule has 3 rings (SSSR count). The number of hydrogen-bond acceptors (Lipinski definition) is 3. The average molecular weight is 555 g/mol. The summed E-state index contributed by atoms with van der Waals surface area (Å²) in [4.78, 5) is 12.6. The van der Waals surface area contributed by atoms with Gasteiger partial charge in [0, 0.05) is 19.8 Å². The molecule has 0 heterocycles. The summed E-state index contributed by atoms with van der Waals surface area (Å²) in [6, 6.07) is 19.4. The molecule has 3 aromatic rings. The zero-order chi connectivity index (χ0) is 21.9. The molecule has 0 spiro atoms. The van der Waals surface area contributed by atoms with Crippen LogP contribution < -0.4 is 9.62 Å². The van der Waals surface area contributed by atoms with Crippen molar-refractivity contribution in [2.24, 2.45) is 0 Å². The molecule has 1 amide bonds. The zero-order valence-corrected chi connectivity index (χ0v) is 20.1. The minimum Gasteiger partial charge on any atom is -0.322 e. The lowest BCUT2D eigenvalue weighted by Gasteiger charge is -2.22. The Morgan fingerprint density at radius 1 is 1.07 bits per heavy atom. The van der Waals surface area contributed by atoms with Gasteiger partial charge in [-0.1, -0.05) is 29.8 Å². The van der Waals surface area contributed by atoms with E-state index in [4.69, 9.17) is 11.6 Å². The molecule has 0 aromatic heterocycles. The van der Waals surface area contributed by atoms with Gasteiger partial charge in [0.05, 0.1) is 18.5 Å². The number of benzene rings is 3. The molecule has 0 saturated carbocycles. The van der Waals surface area contributed by atoms with E-state index in [2.05, 4.69) is 27.9 Å². The fourth-order valence-electron chi connectivity index (χ4n) is 2.92. The Hall–Kier alpha value is -2.10. The number of nitrogens with zero attached hydrogens (tertiary/aromatic N) is 1. The number of sulfonamides is 1. The van der Waals surface area contributed by atoms with Crippen LogP contribution in [-0.2, 0) is 16.6 Å². The molecule has 0 aliphatic carbocycles. The minimum atomic E-state index is -3.51. The van der Waals surface area contributed by atoms with E-state index in [-0.39, 0.29) is 12.5 Å². The Balaban J connectivity index is 1.77. The van der Waals surface area contributed by atoms with Crippen LogP contribution in [0.4, 0.5) is 11.4 Å². The second-order valence-electron chi connectivity index (χ2n) is 6.86. The van der Waals surface area contributed by atoms with Gasteiger partial charge in [-0.3, -0.25) is 9.10 Å². The molecule has 156 valence electrons. The number of carbonyl (C=O) groups excluding carboxylic acids is 1. The van der Waals surface area contributed by atoms with Crippen LogP contribution in [0.2, 0.25) is 5.02 Å². The van der Waals surface area contributed by atoms with Crippen molar-refractivity contribution in [3.63, 3.8) is 0 Å². The lowest BCUT2D eigenvalue weighted by atomic mass is 10.1. The van der Waals surface area contributed by atoms with E-state index >= 15 is 0 Å². The highest BCUT2D eigenvalue weighted by Crippen LogP contribution is 2.24. The van der Waals surface area contributed by atoms with Gasteiger partial charge in [0.15, 0.2) is 0 Å². The van der Waals surface area contributed by atoms with Crippen molar-refractivity contribution >= 4 is 61.5 Å². The average Bonchev–Trinajstić information content (AvgIpc) is 2.68. The summed E-state index contributed by atoms with van der Waals surface area (Å²) in [5.41, 5.74) is 3.47. The predicted molar refractivity (Wildman–Crippen MR) is 131 cm³/mol. The zero-order valence-electron chi connectivity index (χ0n) is 16.4. The molecule has 0 aliphatic rings. The highest BCUT2D eigenvalue weighted by Gasteiger charge is 2.18. The molecular weight excluding hydrogens is 535 g/mol. The molecule has 5 nitrogen and oxygen atoms in total. The summed E-state index contributed by atoms with van der Waals surface area (Å²) in [7, 11) is -3.51. The fourth-order valence-corrected chi connectivity index (χ4v) is 4.63. The molecule has 0 atom stereocenters. The van der Waals surface area contributed by atoms with Crippen LogP contribution in [0.1, 0.15) is 21.5 Å². The summed E-state index contributed by atoms with van der Waals surface area (Å²) >= 11 is 8.24. The molecule has 8 heteroatoms. The largest absolute Gasteiger partial charge is 0.322 e. The van der Waals surface area contributed by atoms with Gasteiger partial charge >= 0.3 is 0 Å². The van der Waals surface area contributed by atoms with Crippen LogP contribution in [0.15, 0.2) is 66.7 Å². The van der Waals surface area contributed by atoms with Crippen LogP contribution in [0.5, 0.6) is 0 Å². The van der Waals surface area contributed by atoms with Crippen molar-refractivity contribution in [1.29, 1.82) is 0 Å². The van der Waals surface area contributed by atoms with Crippen LogP contribution in [0, 0.1) is 10.5 Å². The molecule has 0 unspecified atom stereocenters. The maximum Gasteiger partial charge on any atom is 0.255 e. The standard InChI is InChI=1S/C22H20ClIN2O3S/c1-15-12-19(24)10-11-21(15)25-22(27)17-8-6-16(7-9-17)14-26(30(2,28)29)20-5-3-4-18(23)13-20/h3-13H,14H2,1-2H3,(H,25,27). The first-order valence-corrected chi connectivity index (χ1v) is 12.3. The highest BCUT2D eigenvalue weighted by atomic mass is 127. The number of aryl methyl sites for hydroxylation is 1. The first kappa shape index (κ1) is 22.6. The summed E-state index contributed by atoms with van der Waals surface area (Å²) in [5.74, 6) is -0.222. The third-order valence-corrected chi connectivity index (χ3v) is 6.52. The lowest BCUT2D eigenvalue weighted by molar-refractivity contribution is 0.102. The van der Waals surface area contributed by atoms with Crippen molar-refractivity contribution in [1.82, 2.24) is 0 Å². The molecular formula is C22H20ClIN2O3S. The van der Waals surface area contributed by atoms with Crippen LogP contribution >= 0.6 is 34.2 Å². The summed E-state index contributed by atoms with van der Waals surface area (Å²) < 4.78 is 27.0. The van der Waals surface area contributed by atoms with Crippen molar-refractivity contribution in [3.8, 4) is 0 Å². The van der Waals surface area contributed by atoms with Gasteiger partial charge in [0.25, 0.3) is 5.91 Å². The Morgan fingerprint density at radius 2 is 1.77 bits per heavy atom. The maximum absolute atomic E-state index is 12.6. The van der Waals surface area contributed by atoms with Gasteiger partial charge in [-0.15, -0.1) is 0 Å². The third kappa shape index (κ3) is 5.74. The SMILES string of the molecule is Cc1cc(I)ccc1NC(=O)c1ccc(CN(c2cccc(Cl)c2)S(C)(=O)=O)cc1. The molecule has 0 aliphatic heterocycles. The summed E-state index contributed by atoms with van der Waals surface area (Å²) in [6.07, 6.45) is 1.15. The van der Waals surface area contributed by atoms with E-state index in [9.17, 15) is 13.2 Å². The predicted octanol–water partition coefficient (Wildman–Crippen LogP) is 5.47. The Kier molecular flexibility index (Phi) is 7.05. The van der Waals surface area contributed by atoms with E-state index in [1.165, 1.54) is 4.31 Å². The van der Waals surface area contributed by atoms with Crippen molar-refractivity contribution in [2.45, 2.75) is 13.5 Å². The highest BCUT2D eigenvalue weighted by molar-refractivity contribution is 14.1.